The van der Waals surface area contributed by atoms with Gasteiger partial charge in [-0.15, -0.1) is 0 Å². The number of hydrogen-bond donors (Lipinski definition) is 0. The van der Waals surface area contributed by atoms with Gasteiger partial charge in [-0.05, 0) is 18.8 Å². The van der Waals surface area contributed by atoms with Crippen molar-refractivity contribution < 1.29 is 4.21 Å². The van der Waals surface area contributed by atoms with Gasteiger partial charge in [0.05, 0.1) is 6.54 Å². The van der Waals surface area contributed by atoms with Gasteiger partial charge in [-0.2, -0.15) is 8.57 Å². The molecule has 3 heteroatoms. The smallest absolute Gasteiger partial charge is 0.194 e. The second kappa shape index (κ2) is 2.21. The first-order valence-electron chi connectivity index (χ1n) is 2.39. The van der Waals surface area contributed by atoms with Crippen LogP contribution in [0.5, 0.6) is 0 Å². The lowest BCUT2D eigenvalue weighted by Gasteiger charge is -1.75. The van der Waals surface area contributed by atoms with Crippen molar-refractivity contribution in [3.8, 4) is 0 Å². The van der Waals surface area contributed by atoms with Crippen LogP contribution in [0.15, 0.2) is 4.36 Å². The lowest BCUT2D eigenvalue weighted by atomic mass is 10.4. The highest BCUT2D eigenvalue weighted by molar-refractivity contribution is 7.54. The molecule has 0 amide bonds. The van der Waals surface area contributed by atoms with Crippen LogP contribution in [-0.4, -0.2) is 10.8 Å². The summed E-state index contributed by atoms with van der Waals surface area (Å²) < 4.78 is 13.2. The van der Waals surface area contributed by atoms with E-state index in [1.807, 2.05) is 0 Å². The average molecular weight is 117 g/mol. The molecule has 1 fully saturated rings. The first-order chi connectivity index (χ1) is 3.43. The number of rotatable bonds is 2. The molecule has 2 nitrogen and oxygen atoms in total. The molecule has 0 aromatic rings. The van der Waals surface area contributed by atoms with Crippen LogP contribution in [0.3, 0.4) is 0 Å². The van der Waals surface area contributed by atoms with E-state index in [-0.39, 0.29) is 0 Å². The zero-order chi connectivity index (χ0) is 5.11. The van der Waals surface area contributed by atoms with E-state index in [0.29, 0.717) is 11.5 Å². The summed E-state index contributed by atoms with van der Waals surface area (Å²) in [6.45, 7) is 0.786. The van der Waals surface area contributed by atoms with Crippen LogP contribution in [0.2, 0.25) is 0 Å². The molecular weight excluding hydrogens is 110 g/mol. The zero-order valence-corrected chi connectivity index (χ0v) is 4.78. The summed E-state index contributed by atoms with van der Waals surface area (Å²) in [5, 5.41) is 0. The largest absolute Gasteiger partial charge is 0.199 e. The summed E-state index contributed by atoms with van der Waals surface area (Å²) in [6, 6.07) is 0. The molecule has 0 aromatic heterocycles. The lowest BCUT2D eigenvalue weighted by Crippen LogP contribution is -1.76. The third kappa shape index (κ3) is 1.83. The van der Waals surface area contributed by atoms with E-state index in [2.05, 4.69) is 4.36 Å². The molecule has 0 aromatic carbocycles. The Balaban J connectivity index is 2.09. The van der Waals surface area contributed by atoms with Crippen LogP contribution in [-0.2, 0) is 11.5 Å². The fraction of sp³-hybridized carbons (Fsp3) is 1.00. The Kier molecular flexibility index (Phi) is 1.57. The van der Waals surface area contributed by atoms with Crippen LogP contribution < -0.4 is 0 Å². The maximum Gasteiger partial charge on any atom is 0.199 e. The molecule has 0 atom stereocenters. The first kappa shape index (κ1) is 4.97. The molecular formula is C4H7NOS. The Morgan fingerprint density at radius 3 is 2.86 bits per heavy atom. The van der Waals surface area contributed by atoms with Crippen molar-refractivity contribution in [2.45, 2.75) is 12.8 Å². The van der Waals surface area contributed by atoms with E-state index < -0.39 is 0 Å². The van der Waals surface area contributed by atoms with Crippen LogP contribution in [0.25, 0.3) is 0 Å². The first-order valence-corrected chi connectivity index (χ1v) is 3.09. The van der Waals surface area contributed by atoms with E-state index in [4.69, 9.17) is 0 Å². The number of nitrogens with zero attached hydrogens (tertiary/aromatic N) is 1. The Bertz CT molecular complexity index is 104. The maximum absolute atomic E-state index is 9.61. The summed E-state index contributed by atoms with van der Waals surface area (Å²) in [5.41, 5.74) is 0. The number of hydrogen-bond acceptors (Lipinski definition) is 2. The Hall–Kier alpha value is -0.180. The van der Waals surface area contributed by atoms with Crippen LogP contribution >= 0.6 is 0 Å². The maximum atomic E-state index is 9.61. The quantitative estimate of drug-likeness (QED) is 0.526. The predicted octanol–water partition coefficient (Wildman–Crippen LogP) is 0.793. The summed E-state index contributed by atoms with van der Waals surface area (Å²) in [4.78, 5) is 0. The standard InChI is InChI=1S/C4H7NOS/c6-7-5-3-4-1-2-4/h4H,1-3H2. The van der Waals surface area contributed by atoms with Gasteiger partial charge in [0.15, 0.2) is 11.5 Å². The predicted molar refractivity (Wildman–Crippen MR) is 28.2 cm³/mol. The van der Waals surface area contributed by atoms with Gasteiger partial charge in [-0.1, -0.05) is 0 Å². The highest BCUT2D eigenvalue weighted by atomic mass is 32.1. The molecule has 0 saturated heterocycles. The molecule has 1 rings (SSSR count). The van der Waals surface area contributed by atoms with Gasteiger partial charge in [-0.3, -0.25) is 0 Å². The van der Waals surface area contributed by atoms with Gasteiger partial charge in [0.1, 0.15) is 0 Å². The van der Waals surface area contributed by atoms with E-state index in [9.17, 15) is 4.21 Å². The van der Waals surface area contributed by atoms with Gasteiger partial charge in [0.25, 0.3) is 0 Å². The van der Waals surface area contributed by atoms with E-state index >= 15 is 0 Å². The third-order valence-electron chi connectivity index (χ3n) is 1.08. The molecule has 40 valence electrons. The second-order valence-corrected chi connectivity index (χ2v) is 2.24. The van der Waals surface area contributed by atoms with Crippen molar-refractivity contribution in [1.82, 2.24) is 0 Å². The van der Waals surface area contributed by atoms with E-state index in [0.717, 1.165) is 12.5 Å². The SMILES string of the molecule is O=S=NCC1CC1. The fourth-order valence-electron chi connectivity index (χ4n) is 0.436. The zero-order valence-electron chi connectivity index (χ0n) is 3.96. The molecule has 1 aliphatic rings. The summed E-state index contributed by atoms with van der Waals surface area (Å²) in [5.74, 6) is 0.765. The molecule has 1 saturated carbocycles. The van der Waals surface area contributed by atoms with Crippen molar-refractivity contribution in [3.05, 3.63) is 0 Å². The molecule has 7 heavy (non-hydrogen) atoms. The molecule has 0 spiro atoms. The van der Waals surface area contributed by atoms with Crippen molar-refractivity contribution in [1.29, 1.82) is 0 Å². The Morgan fingerprint density at radius 2 is 2.43 bits per heavy atom. The monoisotopic (exact) mass is 117 g/mol. The molecule has 0 aliphatic heterocycles. The highest BCUT2D eigenvalue weighted by Gasteiger charge is 2.19. The molecule has 0 N–H and O–H groups in total. The minimum atomic E-state index is 0.345. The minimum Gasteiger partial charge on any atom is -0.194 e. The lowest BCUT2D eigenvalue weighted by molar-refractivity contribution is 0.695. The average Bonchev–Trinajstić information content (AvgIpc) is 2.42. The summed E-state index contributed by atoms with van der Waals surface area (Å²) in [6.07, 6.45) is 2.56. The normalized spacial score (nSPS) is 18.9. The van der Waals surface area contributed by atoms with Crippen molar-refractivity contribution in [2.24, 2.45) is 10.3 Å². The Morgan fingerprint density at radius 1 is 1.71 bits per heavy atom. The Labute approximate surface area is 46.2 Å². The fourth-order valence-corrected chi connectivity index (χ4v) is 0.708. The summed E-state index contributed by atoms with van der Waals surface area (Å²) in [7, 11) is 0. The van der Waals surface area contributed by atoms with Gasteiger partial charge < -0.3 is 0 Å². The van der Waals surface area contributed by atoms with Gasteiger partial charge in [0, 0.05) is 0 Å². The molecule has 0 heterocycles. The summed E-state index contributed by atoms with van der Waals surface area (Å²) >= 11 is 0.345. The van der Waals surface area contributed by atoms with Crippen molar-refractivity contribution in [2.75, 3.05) is 6.54 Å². The van der Waals surface area contributed by atoms with E-state index in [1.54, 1.807) is 0 Å². The topological polar surface area (TPSA) is 29.4 Å². The van der Waals surface area contributed by atoms with Crippen LogP contribution in [0.4, 0.5) is 0 Å². The van der Waals surface area contributed by atoms with Gasteiger partial charge in [0.2, 0.25) is 0 Å². The third-order valence-corrected chi connectivity index (χ3v) is 1.34. The molecule has 0 radical (unpaired) electrons. The minimum absolute atomic E-state index is 0.345. The molecule has 0 bridgehead atoms. The van der Waals surface area contributed by atoms with Gasteiger partial charge >= 0.3 is 0 Å². The van der Waals surface area contributed by atoms with Crippen molar-refractivity contribution in [3.63, 3.8) is 0 Å². The second-order valence-electron chi connectivity index (χ2n) is 1.83. The van der Waals surface area contributed by atoms with Crippen LogP contribution in [0, 0.1) is 5.92 Å². The van der Waals surface area contributed by atoms with Crippen molar-refractivity contribution >= 4 is 11.5 Å². The van der Waals surface area contributed by atoms with Gasteiger partial charge in [-0.25, -0.2) is 0 Å². The van der Waals surface area contributed by atoms with Crippen LogP contribution in [0.1, 0.15) is 12.8 Å². The highest BCUT2D eigenvalue weighted by Crippen LogP contribution is 2.28. The molecule has 1 aliphatic carbocycles. The molecule has 0 unspecified atom stereocenters. The van der Waals surface area contributed by atoms with E-state index in [1.165, 1.54) is 12.8 Å².